The van der Waals surface area contributed by atoms with Crippen molar-refractivity contribution < 1.29 is 4.59 Å². The molecule has 2 N–H and O–H groups in total. The Kier molecular flexibility index (Phi) is 4.65. The largest absolute Gasteiger partial charge is 0.311 e. The summed E-state index contributed by atoms with van der Waals surface area (Å²) in [6.07, 6.45) is 0. The summed E-state index contributed by atoms with van der Waals surface area (Å²) in [5.41, 5.74) is 3.25. The molecule has 0 spiro atoms. The first-order valence-corrected chi connectivity index (χ1v) is 4.28. The van der Waals surface area contributed by atoms with Crippen LogP contribution in [-0.4, -0.2) is 44.9 Å². The maximum absolute atomic E-state index is 3.33. The summed E-state index contributed by atoms with van der Waals surface area (Å²) in [5, 5.41) is 3.33. The molecule has 3 nitrogen and oxygen atoms in total. The fourth-order valence-corrected chi connectivity index (χ4v) is 0.802. The maximum Gasteiger partial charge on any atom is 0.116 e. The van der Waals surface area contributed by atoms with Crippen LogP contribution in [-0.2, 0) is 0 Å². The molecule has 0 saturated heterocycles. The van der Waals surface area contributed by atoms with Gasteiger partial charge < -0.3 is 5.32 Å². The Balaban J connectivity index is 3.71. The monoisotopic (exact) mass is 160 g/mol. The van der Waals surface area contributed by atoms with Crippen molar-refractivity contribution >= 4 is 0 Å². The summed E-state index contributed by atoms with van der Waals surface area (Å²) >= 11 is 0. The van der Waals surface area contributed by atoms with Gasteiger partial charge in [0.25, 0.3) is 0 Å². The van der Waals surface area contributed by atoms with Gasteiger partial charge in [0.2, 0.25) is 0 Å². The molecule has 0 amide bonds. The van der Waals surface area contributed by atoms with Crippen molar-refractivity contribution in [3.8, 4) is 0 Å². The summed E-state index contributed by atoms with van der Waals surface area (Å²) in [4.78, 5) is 0. The van der Waals surface area contributed by atoms with E-state index in [9.17, 15) is 0 Å². The van der Waals surface area contributed by atoms with Crippen LogP contribution in [0.5, 0.6) is 0 Å². The van der Waals surface area contributed by atoms with E-state index in [2.05, 4.69) is 38.7 Å². The van der Waals surface area contributed by atoms with Gasteiger partial charge in [0.15, 0.2) is 0 Å². The van der Waals surface area contributed by atoms with E-state index in [1.54, 1.807) is 0 Å². The molecule has 0 aliphatic carbocycles. The first-order valence-electron chi connectivity index (χ1n) is 4.28. The molecule has 0 bridgehead atoms. The number of rotatable bonds is 5. The van der Waals surface area contributed by atoms with Crippen LogP contribution >= 0.6 is 0 Å². The zero-order valence-electron chi connectivity index (χ0n) is 8.44. The Labute approximate surface area is 70.3 Å². The van der Waals surface area contributed by atoms with E-state index >= 15 is 0 Å². The number of hydrogen-bond acceptors (Lipinski definition) is 2. The quantitative estimate of drug-likeness (QED) is 0.443. The highest BCUT2D eigenvalue weighted by Crippen LogP contribution is 1.98. The molecular weight excluding hydrogens is 138 g/mol. The van der Waals surface area contributed by atoms with Gasteiger partial charge in [-0.15, -0.1) is 0 Å². The second-order valence-electron chi connectivity index (χ2n) is 3.42. The van der Waals surface area contributed by atoms with Crippen molar-refractivity contribution in [3.05, 3.63) is 0 Å². The SMILES string of the molecule is CCNCC(C)[N+](C)(C)NC. The molecule has 0 rings (SSSR count). The average Bonchev–Trinajstić information content (AvgIpc) is 2.00. The Bertz CT molecular complexity index is 102. The predicted molar refractivity (Wildman–Crippen MR) is 49.2 cm³/mol. The number of quaternary nitrogens is 1. The molecule has 0 saturated carbocycles. The Hall–Kier alpha value is -0.120. The summed E-state index contributed by atoms with van der Waals surface area (Å²) in [6.45, 7) is 6.48. The van der Waals surface area contributed by atoms with E-state index in [0.29, 0.717) is 6.04 Å². The minimum Gasteiger partial charge on any atom is -0.311 e. The third-order valence-electron chi connectivity index (χ3n) is 2.37. The van der Waals surface area contributed by atoms with Crippen molar-refractivity contribution in [2.75, 3.05) is 34.2 Å². The van der Waals surface area contributed by atoms with Gasteiger partial charge in [-0.2, -0.15) is 5.43 Å². The zero-order valence-corrected chi connectivity index (χ0v) is 8.44. The van der Waals surface area contributed by atoms with E-state index in [4.69, 9.17) is 0 Å². The first-order chi connectivity index (χ1) is 5.04. The fraction of sp³-hybridized carbons (Fsp3) is 1.00. The molecule has 68 valence electrons. The highest BCUT2D eigenvalue weighted by Gasteiger charge is 2.21. The third-order valence-corrected chi connectivity index (χ3v) is 2.37. The van der Waals surface area contributed by atoms with E-state index in [-0.39, 0.29) is 0 Å². The second-order valence-corrected chi connectivity index (χ2v) is 3.42. The molecular formula is C8H22N3+. The van der Waals surface area contributed by atoms with Crippen LogP contribution in [0.15, 0.2) is 0 Å². The standard InChI is InChI=1S/C8H22N3/c1-6-10-7-8(2)11(4,5)9-3/h8-10H,6-7H2,1-5H3/q+1. The lowest BCUT2D eigenvalue weighted by Crippen LogP contribution is -2.58. The fourth-order valence-electron chi connectivity index (χ4n) is 0.802. The van der Waals surface area contributed by atoms with Gasteiger partial charge in [-0.1, -0.05) is 6.92 Å². The first kappa shape index (κ1) is 10.9. The Morgan fingerprint density at radius 1 is 1.36 bits per heavy atom. The van der Waals surface area contributed by atoms with E-state index in [1.807, 2.05) is 7.05 Å². The van der Waals surface area contributed by atoms with Crippen molar-refractivity contribution in [2.45, 2.75) is 19.9 Å². The molecule has 0 aliphatic rings. The topological polar surface area (TPSA) is 24.1 Å². The van der Waals surface area contributed by atoms with Crippen LogP contribution in [0.1, 0.15) is 13.8 Å². The molecule has 1 atom stereocenters. The molecule has 0 heterocycles. The molecule has 0 radical (unpaired) electrons. The lowest BCUT2D eigenvalue weighted by Gasteiger charge is -2.34. The lowest BCUT2D eigenvalue weighted by molar-refractivity contribution is -0.952. The molecule has 11 heavy (non-hydrogen) atoms. The highest BCUT2D eigenvalue weighted by atomic mass is 15.6. The van der Waals surface area contributed by atoms with Gasteiger partial charge in [0, 0.05) is 13.6 Å². The summed E-state index contributed by atoms with van der Waals surface area (Å²) < 4.78 is 0.854. The molecule has 0 aliphatic heterocycles. The van der Waals surface area contributed by atoms with Crippen molar-refractivity contribution in [1.82, 2.24) is 10.7 Å². The minimum atomic E-state index is 0.597. The van der Waals surface area contributed by atoms with E-state index in [0.717, 1.165) is 17.7 Å². The second kappa shape index (κ2) is 4.70. The van der Waals surface area contributed by atoms with Gasteiger partial charge in [-0.3, -0.25) is 0 Å². The number of nitrogens with zero attached hydrogens (tertiary/aromatic N) is 1. The van der Waals surface area contributed by atoms with Crippen molar-refractivity contribution in [1.29, 1.82) is 0 Å². The molecule has 1 unspecified atom stereocenters. The lowest BCUT2D eigenvalue weighted by atomic mass is 10.3. The number of likely N-dealkylation sites (N-methyl/N-ethyl adjacent to an activating group) is 2. The summed E-state index contributed by atoms with van der Waals surface area (Å²) in [6, 6.07) is 0.597. The van der Waals surface area contributed by atoms with Crippen LogP contribution in [0.4, 0.5) is 0 Å². The molecule has 0 fully saturated rings. The van der Waals surface area contributed by atoms with Crippen molar-refractivity contribution in [3.63, 3.8) is 0 Å². The Morgan fingerprint density at radius 2 is 1.91 bits per heavy atom. The van der Waals surface area contributed by atoms with Crippen LogP contribution in [0.25, 0.3) is 0 Å². The van der Waals surface area contributed by atoms with Crippen LogP contribution < -0.4 is 10.7 Å². The Morgan fingerprint density at radius 3 is 2.27 bits per heavy atom. The van der Waals surface area contributed by atoms with Gasteiger partial charge in [-0.05, 0) is 13.5 Å². The number of nitrogens with one attached hydrogen (secondary N) is 2. The van der Waals surface area contributed by atoms with Crippen LogP contribution in [0, 0.1) is 0 Å². The van der Waals surface area contributed by atoms with Gasteiger partial charge in [0.1, 0.15) is 6.04 Å². The smallest absolute Gasteiger partial charge is 0.116 e. The zero-order chi connectivity index (χ0) is 8.91. The van der Waals surface area contributed by atoms with Gasteiger partial charge in [-0.25, -0.2) is 4.59 Å². The molecule has 3 heteroatoms. The summed E-state index contributed by atoms with van der Waals surface area (Å²) in [7, 11) is 6.33. The van der Waals surface area contributed by atoms with Crippen molar-refractivity contribution in [2.24, 2.45) is 0 Å². The maximum atomic E-state index is 3.33. The predicted octanol–water partition coefficient (Wildman–Crippen LogP) is 0.195. The van der Waals surface area contributed by atoms with Crippen LogP contribution in [0.2, 0.25) is 0 Å². The van der Waals surface area contributed by atoms with Gasteiger partial charge in [0.05, 0.1) is 14.1 Å². The molecule has 0 aromatic heterocycles. The highest BCUT2D eigenvalue weighted by molar-refractivity contribution is 4.52. The third kappa shape index (κ3) is 3.70. The van der Waals surface area contributed by atoms with Gasteiger partial charge >= 0.3 is 0 Å². The summed E-state index contributed by atoms with van der Waals surface area (Å²) in [5.74, 6) is 0. The minimum absolute atomic E-state index is 0.597. The normalized spacial score (nSPS) is 15.0. The molecule has 0 aromatic rings. The average molecular weight is 160 g/mol. The van der Waals surface area contributed by atoms with Crippen LogP contribution in [0.3, 0.4) is 0 Å². The van der Waals surface area contributed by atoms with E-state index in [1.165, 1.54) is 0 Å². The number of hydrogen-bond donors (Lipinski definition) is 2. The molecule has 0 aromatic carbocycles. The van der Waals surface area contributed by atoms with E-state index < -0.39 is 0 Å².